The number of likely N-dealkylation sites (tertiary alicyclic amines) is 1. The van der Waals surface area contributed by atoms with E-state index in [2.05, 4.69) is 41.3 Å². The largest absolute Gasteiger partial charge is 0.298 e. The van der Waals surface area contributed by atoms with Gasteiger partial charge in [0.1, 0.15) is 0 Å². The maximum absolute atomic E-state index is 9.11. The molecule has 0 spiro atoms. The van der Waals surface area contributed by atoms with Crippen molar-refractivity contribution in [3.63, 3.8) is 0 Å². The van der Waals surface area contributed by atoms with Crippen molar-refractivity contribution in [2.24, 2.45) is 5.92 Å². The fourth-order valence-electron chi connectivity index (χ4n) is 3.25. The van der Waals surface area contributed by atoms with E-state index in [0.717, 1.165) is 19.5 Å². The Bertz CT molecular complexity index is 414. The summed E-state index contributed by atoms with van der Waals surface area (Å²) < 4.78 is 0. The molecule has 17 heavy (non-hydrogen) atoms. The van der Waals surface area contributed by atoms with Crippen LogP contribution in [0.15, 0.2) is 30.3 Å². The van der Waals surface area contributed by atoms with Crippen molar-refractivity contribution in [3.05, 3.63) is 35.9 Å². The second-order valence-corrected chi connectivity index (χ2v) is 5.30. The van der Waals surface area contributed by atoms with Gasteiger partial charge in [0.05, 0.1) is 12.0 Å². The van der Waals surface area contributed by atoms with Crippen molar-refractivity contribution < 1.29 is 0 Å². The molecule has 1 aliphatic carbocycles. The molecule has 1 saturated carbocycles. The lowest BCUT2D eigenvalue weighted by atomic mass is 9.88. The summed E-state index contributed by atoms with van der Waals surface area (Å²) in [7, 11) is 0. The normalized spacial score (nSPS) is 29.8. The first kappa shape index (κ1) is 10.8. The summed E-state index contributed by atoms with van der Waals surface area (Å²) in [6.45, 7) is 2.29. The Balaban J connectivity index is 1.60. The van der Waals surface area contributed by atoms with E-state index < -0.39 is 0 Å². The number of rotatable bonds is 2. The number of nitrogens with zero attached hydrogens (tertiary/aromatic N) is 2. The van der Waals surface area contributed by atoms with E-state index in [9.17, 15) is 0 Å². The molecule has 2 heteroatoms. The Labute approximate surface area is 103 Å². The number of hydrogen-bond donors (Lipinski definition) is 0. The molecule has 1 aliphatic heterocycles. The van der Waals surface area contributed by atoms with Crippen LogP contribution in [-0.4, -0.2) is 24.0 Å². The number of hydrogen-bond acceptors (Lipinski definition) is 2. The summed E-state index contributed by atoms with van der Waals surface area (Å²) in [5.41, 5.74) is 1.45. The van der Waals surface area contributed by atoms with Gasteiger partial charge in [0.2, 0.25) is 0 Å². The van der Waals surface area contributed by atoms with Crippen LogP contribution >= 0.6 is 0 Å². The van der Waals surface area contributed by atoms with Gasteiger partial charge in [0.15, 0.2) is 0 Å². The molecule has 2 nitrogen and oxygen atoms in total. The van der Waals surface area contributed by atoms with Gasteiger partial charge in [-0.3, -0.25) is 4.90 Å². The van der Waals surface area contributed by atoms with E-state index in [4.69, 9.17) is 5.26 Å². The molecule has 0 aromatic heterocycles. The van der Waals surface area contributed by atoms with E-state index in [-0.39, 0.29) is 5.92 Å². The molecule has 2 atom stereocenters. The van der Waals surface area contributed by atoms with Crippen LogP contribution in [0.4, 0.5) is 0 Å². The molecule has 88 valence electrons. The average Bonchev–Trinajstić information content (AvgIpc) is 2.77. The van der Waals surface area contributed by atoms with Crippen molar-refractivity contribution in [1.29, 1.82) is 5.26 Å². The smallest absolute Gasteiger partial charge is 0.0672 e. The van der Waals surface area contributed by atoms with E-state index in [1.165, 1.54) is 18.4 Å². The van der Waals surface area contributed by atoms with Gasteiger partial charge >= 0.3 is 0 Å². The summed E-state index contributed by atoms with van der Waals surface area (Å²) in [5, 5.41) is 9.11. The lowest BCUT2D eigenvalue weighted by Crippen LogP contribution is -2.51. The first-order valence-corrected chi connectivity index (χ1v) is 6.57. The highest BCUT2D eigenvalue weighted by atomic mass is 15.2. The molecule has 2 fully saturated rings. The first-order valence-electron chi connectivity index (χ1n) is 6.57. The third-order valence-electron chi connectivity index (χ3n) is 4.30. The minimum absolute atomic E-state index is 0.284. The SMILES string of the molecule is N#CC1CCCC1N1CC(c2ccccc2)C1. The molecule has 1 heterocycles. The summed E-state index contributed by atoms with van der Waals surface area (Å²) >= 11 is 0. The van der Waals surface area contributed by atoms with Gasteiger partial charge in [0, 0.05) is 25.0 Å². The highest BCUT2D eigenvalue weighted by molar-refractivity contribution is 5.23. The first-order chi connectivity index (χ1) is 8.38. The lowest BCUT2D eigenvalue weighted by Gasteiger charge is -2.44. The minimum atomic E-state index is 0.284. The van der Waals surface area contributed by atoms with Crippen LogP contribution < -0.4 is 0 Å². The third-order valence-corrected chi connectivity index (χ3v) is 4.30. The molecule has 2 aliphatic rings. The molecule has 0 N–H and O–H groups in total. The minimum Gasteiger partial charge on any atom is -0.298 e. The summed E-state index contributed by atoms with van der Waals surface area (Å²) in [6, 6.07) is 13.8. The van der Waals surface area contributed by atoms with Gasteiger partial charge in [-0.05, 0) is 18.4 Å². The second-order valence-electron chi connectivity index (χ2n) is 5.30. The van der Waals surface area contributed by atoms with Crippen molar-refractivity contribution in [3.8, 4) is 6.07 Å². The van der Waals surface area contributed by atoms with Crippen LogP contribution in [0.3, 0.4) is 0 Å². The molecule has 3 rings (SSSR count). The van der Waals surface area contributed by atoms with Crippen molar-refractivity contribution >= 4 is 0 Å². The molecule has 1 aromatic rings. The highest BCUT2D eigenvalue weighted by Crippen LogP contribution is 2.36. The van der Waals surface area contributed by atoms with Gasteiger partial charge in [0.25, 0.3) is 0 Å². The van der Waals surface area contributed by atoms with Crippen molar-refractivity contribution in [2.45, 2.75) is 31.2 Å². The zero-order chi connectivity index (χ0) is 11.7. The zero-order valence-electron chi connectivity index (χ0n) is 10.0. The fraction of sp³-hybridized carbons (Fsp3) is 0.533. The Hall–Kier alpha value is -1.33. The molecular weight excluding hydrogens is 208 g/mol. The van der Waals surface area contributed by atoms with E-state index in [0.29, 0.717) is 12.0 Å². The summed E-state index contributed by atoms with van der Waals surface area (Å²) in [6.07, 6.45) is 3.56. The Morgan fingerprint density at radius 3 is 2.59 bits per heavy atom. The van der Waals surface area contributed by atoms with E-state index >= 15 is 0 Å². The maximum atomic E-state index is 9.11. The average molecular weight is 226 g/mol. The predicted molar refractivity (Wildman–Crippen MR) is 67.5 cm³/mol. The van der Waals surface area contributed by atoms with Crippen LogP contribution in [-0.2, 0) is 0 Å². The molecule has 0 radical (unpaired) electrons. The molecule has 1 aromatic carbocycles. The molecule has 0 amide bonds. The van der Waals surface area contributed by atoms with Gasteiger partial charge in [-0.25, -0.2) is 0 Å². The number of benzene rings is 1. The Morgan fingerprint density at radius 2 is 1.88 bits per heavy atom. The summed E-state index contributed by atoms with van der Waals surface area (Å²) in [4.78, 5) is 2.51. The zero-order valence-corrected chi connectivity index (χ0v) is 10.0. The van der Waals surface area contributed by atoms with Crippen LogP contribution in [0.1, 0.15) is 30.7 Å². The van der Waals surface area contributed by atoms with Crippen molar-refractivity contribution in [1.82, 2.24) is 4.90 Å². The van der Waals surface area contributed by atoms with Crippen LogP contribution in [0.2, 0.25) is 0 Å². The highest BCUT2D eigenvalue weighted by Gasteiger charge is 2.39. The molecule has 1 saturated heterocycles. The fourth-order valence-corrected chi connectivity index (χ4v) is 3.25. The third kappa shape index (κ3) is 1.96. The van der Waals surface area contributed by atoms with Gasteiger partial charge < -0.3 is 0 Å². The van der Waals surface area contributed by atoms with Crippen LogP contribution in [0.5, 0.6) is 0 Å². The van der Waals surface area contributed by atoms with Gasteiger partial charge in [-0.15, -0.1) is 0 Å². The number of nitriles is 1. The Morgan fingerprint density at radius 1 is 1.12 bits per heavy atom. The van der Waals surface area contributed by atoms with Gasteiger partial charge in [-0.2, -0.15) is 5.26 Å². The molecule has 2 unspecified atom stereocenters. The van der Waals surface area contributed by atoms with Gasteiger partial charge in [-0.1, -0.05) is 36.8 Å². The standard InChI is InChI=1S/C15H18N2/c16-9-13-7-4-8-15(13)17-10-14(11-17)12-5-2-1-3-6-12/h1-3,5-6,13-15H,4,7-8,10-11H2. The van der Waals surface area contributed by atoms with E-state index in [1.807, 2.05) is 0 Å². The topological polar surface area (TPSA) is 27.0 Å². The van der Waals surface area contributed by atoms with Crippen LogP contribution in [0.25, 0.3) is 0 Å². The monoisotopic (exact) mass is 226 g/mol. The second kappa shape index (κ2) is 4.50. The summed E-state index contributed by atoms with van der Waals surface area (Å²) in [5.74, 6) is 0.975. The molecule has 0 bridgehead atoms. The predicted octanol–water partition coefficient (Wildman–Crippen LogP) is 2.78. The maximum Gasteiger partial charge on any atom is 0.0672 e. The van der Waals surface area contributed by atoms with Crippen LogP contribution in [0, 0.1) is 17.2 Å². The molecular formula is C15H18N2. The van der Waals surface area contributed by atoms with E-state index in [1.54, 1.807) is 0 Å². The Kier molecular flexibility index (Phi) is 2.86. The quantitative estimate of drug-likeness (QED) is 0.775. The lowest BCUT2D eigenvalue weighted by molar-refractivity contribution is 0.0808. The van der Waals surface area contributed by atoms with Crippen molar-refractivity contribution in [2.75, 3.05) is 13.1 Å².